The van der Waals surface area contributed by atoms with Crippen LogP contribution >= 0.6 is 11.6 Å². The number of aryl methyl sites for hydroxylation is 1. The highest BCUT2D eigenvalue weighted by atomic mass is 35.5. The molecule has 4 N–H and O–H groups in total. The fourth-order valence-electron chi connectivity index (χ4n) is 4.33. The maximum absolute atomic E-state index is 12.1. The fraction of sp³-hybridized carbons (Fsp3) is 0.0357. The molecule has 19 heteroatoms. The number of azo groups is 1. The number of anilines is 4. The van der Waals surface area contributed by atoms with E-state index in [1.165, 1.54) is 36.4 Å². The SMILES string of the molecule is C=CS(=O)(=O)c1cccc(Nc2nc(Cl)nc(Nc3ccc(N=Nc4cc(S(=O)(=O)O)c5cccc(S(=O)(=O)O)c5c4)c(C)c3)n2)c1. The first kappa shape index (κ1) is 33.5. The van der Waals surface area contributed by atoms with Crippen LogP contribution in [0.5, 0.6) is 0 Å². The van der Waals surface area contributed by atoms with E-state index in [-0.39, 0.29) is 38.5 Å². The molecule has 0 radical (unpaired) electrons. The summed E-state index contributed by atoms with van der Waals surface area (Å²) in [5.41, 5.74) is 1.70. The molecule has 0 bridgehead atoms. The third-order valence-corrected chi connectivity index (χ3v) is 9.76. The Balaban J connectivity index is 1.41. The molecule has 0 unspecified atom stereocenters. The lowest BCUT2D eigenvalue weighted by Gasteiger charge is -2.10. The number of hydrogen-bond donors (Lipinski definition) is 4. The Morgan fingerprint density at radius 2 is 1.38 bits per heavy atom. The largest absolute Gasteiger partial charge is 0.324 e. The van der Waals surface area contributed by atoms with Gasteiger partial charge in [-0.3, -0.25) is 9.11 Å². The summed E-state index contributed by atoms with van der Waals surface area (Å²) in [4.78, 5) is 11.2. The van der Waals surface area contributed by atoms with Crippen LogP contribution in [-0.4, -0.2) is 49.3 Å². The summed E-state index contributed by atoms with van der Waals surface area (Å²) >= 11 is 6.10. The van der Waals surface area contributed by atoms with Crippen LogP contribution in [0.4, 0.5) is 34.6 Å². The average molecular weight is 716 g/mol. The van der Waals surface area contributed by atoms with Crippen molar-refractivity contribution in [2.24, 2.45) is 10.2 Å². The van der Waals surface area contributed by atoms with Gasteiger partial charge in [0.05, 0.1) is 16.3 Å². The van der Waals surface area contributed by atoms with Crippen molar-refractivity contribution in [1.29, 1.82) is 0 Å². The molecule has 0 saturated heterocycles. The Morgan fingerprint density at radius 3 is 2.00 bits per heavy atom. The summed E-state index contributed by atoms with van der Waals surface area (Å²) in [5.74, 6) is 0.0827. The first-order valence-corrected chi connectivity index (χ1v) is 17.8. The highest BCUT2D eigenvalue weighted by Gasteiger charge is 2.21. The van der Waals surface area contributed by atoms with Crippen LogP contribution in [-0.2, 0) is 30.1 Å². The molecule has 0 atom stereocenters. The molecule has 242 valence electrons. The number of fused-ring (bicyclic) bond motifs is 1. The van der Waals surface area contributed by atoms with E-state index in [2.05, 4.69) is 42.4 Å². The Labute approximate surface area is 273 Å². The average Bonchev–Trinajstić information content (AvgIpc) is 2.99. The van der Waals surface area contributed by atoms with Crippen LogP contribution in [0.3, 0.4) is 0 Å². The molecule has 0 amide bonds. The van der Waals surface area contributed by atoms with Crippen molar-refractivity contribution in [3.8, 4) is 0 Å². The molecule has 5 aromatic rings. The zero-order valence-corrected chi connectivity index (χ0v) is 27.1. The van der Waals surface area contributed by atoms with Crippen molar-refractivity contribution < 1.29 is 34.4 Å². The van der Waals surface area contributed by atoms with Crippen molar-refractivity contribution in [2.75, 3.05) is 10.6 Å². The molecule has 0 aliphatic carbocycles. The van der Waals surface area contributed by atoms with Gasteiger partial charge in [0, 0.05) is 27.6 Å². The first-order valence-electron chi connectivity index (χ1n) is 13.0. The zero-order chi connectivity index (χ0) is 34.1. The number of benzene rings is 4. The maximum Gasteiger partial charge on any atom is 0.295 e. The van der Waals surface area contributed by atoms with Gasteiger partial charge in [0.15, 0.2) is 9.84 Å². The number of rotatable bonds is 10. The van der Waals surface area contributed by atoms with Crippen molar-refractivity contribution >= 4 is 87.1 Å². The predicted molar refractivity (Wildman–Crippen MR) is 174 cm³/mol. The lowest BCUT2D eigenvalue weighted by atomic mass is 10.1. The molecule has 47 heavy (non-hydrogen) atoms. The Morgan fingerprint density at radius 1 is 0.745 bits per heavy atom. The number of sulfone groups is 1. The van der Waals surface area contributed by atoms with Crippen LogP contribution in [0, 0.1) is 6.92 Å². The van der Waals surface area contributed by atoms with Gasteiger partial charge in [0.25, 0.3) is 20.2 Å². The molecule has 0 fully saturated rings. The van der Waals surface area contributed by atoms with E-state index in [4.69, 9.17) is 11.6 Å². The molecule has 1 heterocycles. The molecular formula is C28H22ClN7O8S3. The van der Waals surface area contributed by atoms with Gasteiger partial charge >= 0.3 is 0 Å². The van der Waals surface area contributed by atoms with Crippen molar-refractivity contribution in [3.63, 3.8) is 0 Å². The monoisotopic (exact) mass is 715 g/mol. The Bertz CT molecular complexity index is 2440. The quantitative estimate of drug-likeness (QED) is 0.0920. The summed E-state index contributed by atoms with van der Waals surface area (Å²) in [6.45, 7) is 5.03. The minimum absolute atomic E-state index is 0.0195. The van der Waals surface area contributed by atoms with E-state index in [0.717, 1.165) is 17.5 Å². The van der Waals surface area contributed by atoms with Crippen LogP contribution in [0.1, 0.15) is 5.56 Å². The highest BCUT2D eigenvalue weighted by molar-refractivity contribution is 7.94. The Kier molecular flexibility index (Phi) is 9.09. The number of halogens is 1. The van der Waals surface area contributed by atoms with Gasteiger partial charge in [-0.15, -0.1) is 0 Å². The summed E-state index contributed by atoms with van der Waals surface area (Å²) in [5, 5.41) is 14.4. The number of nitrogens with one attached hydrogen (secondary N) is 2. The van der Waals surface area contributed by atoms with E-state index in [0.29, 0.717) is 22.6 Å². The van der Waals surface area contributed by atoms with Crippen LogP contribution in [0.25, 0.3) is 10.8 Å². The second-order valence-corrected chi connectivity index (χ2v) is 14.7. The molecule has 5 rings (SSSR count). The van der Waals surface area contributed by atoms with Gasteiger partial charge in [-0.2, -0.15) is 42.0 Å². The highest BCUT2D eigenvalue weighted by Crippen LogP contribution is 2.34. The molecule has 4 aromatic carbocycles. The third kappa shape index (κ3) is 7.76. The molecule has 15 nitrogen and oxygen atoms in total. The summed E-state index contributed by atoms with van der Waals surface area (Å²) in [6.07, 6.45) is 0. The van der Waals surface area contributed by atoms with Gasteiger partial charge in [0.1, 0.15) is 9.79 Å². The molecule has 1 aromatic heterocycles. The van der Waals surface area contributed by atoms with Crippen LogP contribution < -0.4 is 10.6 Å². The molecular weight excluding hydrogens is 694 g/mol. The maximum atomic E-state index is 12.1. The summed E-state index contributed by atoms with van der Waals surface area (Å²) in [6, 6.07) is 16.6. The predicted octanol–water partition coefficient (Wildman–Crippen LogP) is 6.30. The van der Waals surface area contributed by atoms with Crippen molar-refractivity contribution in [3.05, 3.63) is 95.6 Å². The van der Waals surface area contributed by atoms with Gasteiger partial charge < -0.3 is 10.6 Å². The summed E-state index contributed by atoms with van der Waals surface area (Å²) < 4.78 is 91.7. The summed E-state index contributed by atoms with van der Waals surface area (Å²) in [7, 11) is -13.2. The minimum atomic E-state index is -4.82. The van der Waals surface area contributed by atoms with Gasteiger partial charge in [-0.25, -0.2) is 8.42 Å². The second kappa shape index (κ2) is 12.7. The third-order valence-electron chi connectivity index (χ3n) is 6.43. The lowest BCUT2D eigenvalue weighted by Crippen LogP contribution is -2.04. The van der Waals surface area contributed by atoms with E-state index in [9.17, 15) is 34.4 Å². The van der Waals surface area contributed by atoms with E-state index in [1.54, 1.807) is 31.2 Å². The van der Waals surface area contributed by atoms with Crippen LogP contribution in [0.15, 0.2) is 110 Å². The molecule has 0 aliphatic heterocycles. The molecule has 0 saturated carbocycles. The van der Waals surface area contributed by atoms with E-state index >= 15 is 0 Å². The topological polar surface area (TPSA) is 230 Å². The fourth-order valence-corrected chi connectivity index (χ4v) is 6.66. The zero-order valence-electron chi connectivity index (χ0n) is 23.9. The van der Waals surface area contributed by atoms with Crippen LogP contribution in [0.2, 0.25) is 5.28 Å². The van der Waals surface area contributed by atoms with E-state index < -0.39 is 39.9 Å². The van der Waals surface area contributed by atoms with Gasteiger partial charge in [0.2, 0.25) is 17.2 Å². The normalized spacial score (nSPS) is 12.3. The van der Waals surface area contributed by atoms with Crippen molar-refractivity contribution in [2.45, 2.75) is 21.6 Å². The lowest BCUT2D eigenvalue weighted by molar-refractivity contribution is 0.481. The smallest absolute Gasteiger partial charge is 0.295 e. The molecule has 0 aliphatic rings. The van der Waals surface area contributed by atoms with Gasteiger partial charge in [-0.1, -0.05) is 24.8 Å². The Hall–Kier alpha value is -4.85. The van der Waals surface area contributed by atoms with E-state index in [1.807, 2.05) is 0 Å². The molecule has 0 spiro atoms. The first-order chi connectivity index (χ1) is 22.0. The number of hydrogen-bond acceptors (Lipinski definition) is 13. The standard InChI is InChI=1S/C28H22ClN7O8S3/c1-3-45(37,38)20-7-4-6-17(13-20)30-27-32-26(29)33-28(34-27)31-18-10-11-23(16(2)12-18)36-35-19-14-22-21(25(15-19)47(42,43)44)8-5-9-24(22)46(39,40)41/h3-15H,1H2,2H3,(H,39,40,41)(H,42,43,44)(H2,30,31,32,33,34). The minimum Gasteiger partial charge on any atom is -0.324 e. The van der Waals surface area contributed by atoms with Crippen molar-refractivity contribution in [1.82, 2.24) is 15.0 Å². The number of nitrogens with zero attached hydrogens (tertiary/aromatic N) is 5. The van der Waals surface area contributed by atoms with Gasteiger partial charge in [-0.05, 0) is 78.7 Å². The second-order valence-electron chi connectivity index (χ2n) is 9.69. The number of aromatic nitrogens is 3.